The van der Waals surface area contributed by atoms with Crippen molar-refractivity contribution >= 4 is 21.8 Å². The van der Waals surface area contributed by atoms with Gasteiger partial charge in [0, 0.05) is 31.1 Å². The Hall–Kier alpha value is -0.560. The molecule has 0 atom stereocenters. The minimum absolute atomic E-state index is 0.461. The average Bonchev–Trinajstić information content (AvgIpc) is 2.47. The van der Waals surface area contributed by atoms with E-state index in [1.807, 2.05) is 30.9 Å². The summed E-state index contributed by atoms with van der Waals surface area (Å²) in [4.78, 5) is 3.87. The number of sulfonamides is 1. The van der Waals surface area contributed by atoms with Gasteiger partial charge in [0.2, 0.25) is 10.0 Å². The van der Waals surface area contributed by atoms with Gasteiger partial charge in [0.15, 0.2) is 0 Å². The molecule has 0 amide bonds. The van der Waals surface area contributed by atoms with Crippen molar-refractivity contribution in [2.75, 3.05) is 39.0 Å². The van der Waals surface area contributed by atoms with Crippen LogP contribution in [0.3, 0.4) is 0 Å². The van der Waals surface area contributed by atoms with E-state index in [2.05, 4.69) is 4.90 Å². The lowest BCUT2D eigenvalue weighted by Crippen LogP contribution is -2.47. The van der Waals surface area contributed by atoms with Crippen LogP contribution in [0.4, 0.5) is 0 Å². The fourth-order valence-electron chi connectivity index (χ4n) is 2.67. The molecule has 0 aliphatic carbocycles. The molecular weight excluding hydrogens is 292 g/mol. The summed E-state index contributed by atoms with van der Waals surface area (Å²) in [5.74, 6) is 1.14. The lowest BCUT2D eigenvalue weighted by Gasteiger charge is -2.31. The minimum Gasteiger partial charge on any atom is -0.304 e. The lowest BCUT2D eigenvalue weighted by atomic mass is 10.1. The van der Waals surface area contributed by atoms with E-state index >= 15 is 0 Å². The van der Waals surface area contributed by atoms with E-state index in [0.717, 1.165) is 31.7 Å². The Balaban J connectivity index is 1.87. The summed E-state index contributed by atoms with van der Waals surface area (Å²) in [6, 6.07) is 5.63. The van der Waals surface area contributed by atoms with Gasteiger partial charge in [-0.1, -0.05) is 0 Å². The Labute approximate surface area is 125 Å². The van der Waals surface area contributed by atoms with Crippen molar-refractivity contribution in [3.63, 3.8) is 0 Å². The summed E-state index contributed by atoms with van der Waals surface area (Å²) >= 11 is 1.83. The zero-order chi connectivity index (χ0) is 14.2. The van der Waals surface area contributed by atoms with E-state index in [1.54, 1.807) is 10.4 Å². The second-order valence-electron chi connectivity index (χ2n) is 5.43. The van der Waals surface area contributed by atoms with Gasteiger partial charge in [-0.2, -0.15) is 4.31 Å². The van der Waals surface area contributed by atoms with Crippen molar-refractivity contribution in [1.82, 2.24) is 9.21 Å². The number of likely N-dealkylation sites (N-methyl/N-ethyl adjacent to an activating group) is 1. The van der Waals surface area contributed by atoms with Gasteiger partial charge in [-0.25, -0.2) is 8.42 Å². The van der Waals surface area contributed by atoms with Gasteiger partial charge in [-0.05, 0) is 49.4 Å². The van der Waals surface area contributed by atoms with Crippen molar-refractivity contribution in [2.24, 2.45) is 0 Å². The van der Waals surface area contributed by atoms with Crippen LogP contribution in [-0.2, 0) is 16.4 Å². The summed E-state index contributed by atoms with van der Waals surface area (Å²) in [7, 11) is -1.29. The smallest absolute Gasteiger partial charge is 0.243 e. The Morgan fingerprint density at radius 1 is 1.15 bits per heavy atom. The van der Waals surface area contributed by atoms with Crippen LogP contribution in [0.2, 0.25) is 0 Å². The van der Waals surface area contributed by atoms with Gasteiger partial charge < -0.3 is 4.90 Å². The lowest BCUT2D eigenvalue weighted by molar-refractivity contribution is 0.222. The average molecular weight is 312 g/mol. The second kappa shape index (κ2) is 5.67. The number of thioether (sulfide) groups is 1. The molecule has 3 rings (SSSR count). The van der Waals surface area contributed by atoms with Gasteiger partial charge >= 0.3 is 0 Å². The summed E-state index contributed by atoms with van der Waals surface area (Å²) in [5.41, 5.74) is 1.19. The van der Waals surface area contributed by atoms with E-state index in [4.69, 9.17) is 0 Å². The summed E-state index contributed by atoms with van der Waals surface area (Å²) in [6.45, 7) is 2.79. The highest BCUT2D eigenvalue weighted by Gasteiger charge is 2.28. The molecule has 0 spiro atoms. The summed E-state index contributed by atoms with van der Waals surface area (Å²) in [5, 5.41) is 0. The number of rotatable bonds is 2. The zero-order valence-electron chi connectivity index (χ0n) is 11.7. The molecule has 110 valence electrons. The SMILES string of the molecule is CN1CCN(S(=O)(=O)c2ccc3c(c2)CCCS3)CC1. The molecule has 2 aliphatic heterocycles. The quantitative estimate of drug-likeness (QED) is 0.833. The first-order valence-electron chi connectivity index (χ1n) is 7.02. The van der Waals surface area contributed by atoms with Crippen molar-refractivity contribution < 1.29 is 8.42 Å². The molecule has 1 aromatic carbocycles. The Bertz CT molecular complexity index is 593. The molecule has 0 radical (unpaired) electrons. The maximum absolute atomic E-state index is 12.7. The number of piperazine rings is 1. The Morgan fingerprint density at radius 2 is 1.90 bits per heavy atom. The van der Waals surface area contributed by atoms with Crippen LogP contribution in [-0.4, -0.2) is 56.6 Å². The zero-order valence-corrected chi connectivity index (χ0v) is 13.3. The normalized spacial score (nSPS) is 21.6. The topological polar surface area (TPSA) is 40.6 Å². The third-order valence-corrected chi connectivity index (χ3v) is 7.08. The van der Waals surface area contributed by atoms with Gasteiger partial charge in [-0.15, -0.1) is 11.8 Å². The first kappa shape index (κ1) is 14.4. The van der Waals surface area contributed by atoms with E-state index in [-0.39, 0.29) is 0 Å². The van der Waals surface area contributed by atoms with E-state index in [1.165, 1.54) is 10.5 Å². The van der Waals surface area contributed by atoms with Crippen molar-refractivity contribution in [1.29, 1.82) is 0 Å². The van der Waals surface area contributed by atoms with Crippen LogP contribution in [0.5, 0.6) is 0 Å². The number of fused-ring (bicyclic) bond motifs is 1. The molecule has 0 N–H and O–H groups in total. The largest absolute Gasteiger partial charge is 0.304 e. The number of aryl methyl sites for hydroxylation is 1. The van der Waals surface area contributed by atoms with E-state index in [9.17, 15) is 8.42 Å². The predicted molar refractivity (Wildman–Crippen MR) is 81.7 cm³/mol. The second-order valence-corrected chi connectivity index (χ2v) is 8.50. The molecular formula is C14H20N2O2S2. The van der Waals surface area contributed by atoms with Crippen LogP contribution < -0.4 is 0 Å². The third-order valence-electron chi connectivity index (χ3n) is 3.98. The molecule has 1 aromatic rings. The Kier molecular flexibility index (Phi) is 4.08. The molecule has 2 heterocycles. The fraction of sp³-hybridized carbons (Fsp3) is 0.571. The van der Waals surface area contributed by atoms with E-state index in [0.29, 0.717) is 18.0 Å². The first-order chi connectivity index (χ1) is 9.57. The number of hydrogen-bond acceptors (Lipinski definition) is 4. The van der Waals surface area contributed by atoms with E-state index < -0.39 is 10.0 Å². The van der Waals surface area contributed by atoms with Gasteiger partial charge in [0.05, 0.1) is 4.90 Å². The molecule has 0 bridgehead atoms. The highest BCUT2D eigenvalue weighted by Crippen LogP contribution is 2.32. The van der Waals surface area contributed by atoms with Crippen LogP contribution in [0.25, 0.3) is 0 Å². The first-order valence-corrected chi connectivity index (χ1v) is 9.44. The van der Waals surface area contributed by atoms with Crippen LogP contribution in [0.1, 0.15) is 12.0 Å². The van der Waals surface area contributed by atoms with Crippen molar-refractivity contribution in [3.8, 4) is 0 Å². The summed E-state index contributed by atoms with van der Waals surface area (Å²) < 4.78 is 27.0. The van der Waals surface area contributed by atoms with Crippen LogP contribution in [0, 0.1) is 0 Å². The maximum Gasteiger partial charge on any atom is 0.243 e. The summed E-state index contributed by atoms with van der Waals surface area (Å²) in [6.07, 6.45) is 2.13. The molecule has 1 fully saturated rings. The number of benzene rings is 1. The minimum atomic E-state index is -3.32. The Morgan fingerprint density at radius 3 is 2.65 bits per heavy atom. The molecule has 20 heavy (non-hydrogen) atoms. The van der Waals surface area contributed by atoms with Crippen molar-refractivity contribution in [2.45, 2.75) is 22.6 Å². The molecule has 6 heteroatoms. The molecule has 0 saturated carbocycles. The number of hydrogen-bond donors (Lipinski definition) is 0. The molecule has 0 unspecified atom stereocenters. The van der Waals surface area contributed by atoms with Crippen LogP contribution >= 0.6 is 11.8 Å². The molecule has 0 aromatic heterocycles. The highest BCUT2D eigenvalue weighted by atomic mass is 32.2. The predicted octanol–water partition coefficient (Wildman–Crippen LogP) is 1.66. The van der Waals surface area contributed by atoms with Crippen molar-refractivity contribution in [3.05, 3.63) is 23.8 Å². The van der Waals surface area contributed by atoms with Gasteiger partial charge in [0.25, 0.3) is 0 Å². The number of nitrogens with zero attached hydrogens (tertiary/aromatic N) is 2. The van der Waals surface area contributed by atoms with Gasteiger partial charge in [0.1, 0.15) is 0 Å². The monoisotopic (exact) mass is 312 g/mol. The maximum atomic E-state index is 12.7. The molecule has 2 aliphatic rings. The molecule has 4 nitrogen and oxygen atoms in total. The molecule has 1 saturated heterocycles. The van der Waals surface area contributed by atoms with Gasteiger partial charge in [-0.3, -0.25) is 0 Å². The fourth-order valence-corrected chi connectivity index (χ4v) is 5.17. The third kappa shape index (κ3) is 2.74. The van der Waals surface area contributed by atoms with Crippen LogP contribution in [0.15, 0.2) is 28.0 Å². The highest BCUT2D eigenvalue weighted by molar-refractivity contribution is 7.99. The standard InChI is InChI=1S/C14H20N2O2S2/c1-15-6-8-16(9-7-15)20(17,18)13-4-5-14-12(11-13)3-2-10-19-14/h4-5,11H,2-3,6-10H2,1H3.